The molecule has 0 fully saturated rings. The molecule has 0 saturated carbocycles. The summed E-state index contributed by atoms with van der Waals surface area (Å²) in [4.78, 5) is 4.32. The molecular formula is C13H19N3. The van der Waals surface area contributed by atoms with Crippen molar-refractivity contribution in [3.63, 3.8) is 0 Å². The number of nitrogens with zero attached hydrogens (tertiary/aromatic N) is 1. The Balaban J connectivity index is 1.75. The van der Waals surface area contributed by atoms with Crippen LogP contribution in [-0.2, 0) is 0 Å². The minimum atomic E-state index is 0.972. The number of nitrogens with one attached hydrogen (secondary N) is 2. The Kier molecular flexibility index (Phi) is 3.94. The average molecular weight is 217 g/mol. The predicted octanol–water partition coefficient (Wildman–Crippen LogP) is 2.11. The van der Waals surface area contributed by atoms with Gasteiger partial charge in [-0.2, -0.15) is 0 Å². The van der Waals surface area contributed by atoms with Crippen molar-refractivity contribution < 1.29 is 0 Å². The van der Waals surface area contributed by atoms with Crippen LogP contribution in [0.3, 0.4) is 0 Å². The molecule has 0 aliphatic carbocycles. The summed E-state index contributed by atoms with van der Waals surface area (Å²) in [5.74, 6) is 0.972. The summed E-state index contributed by atoms with van der Waals surface area (Å²) in [5.41, 5.74) is 2.75. The Labute approximate surface area is 97.0 Å². The molecular weight excluding hydrogens is 198 g/mol. The predicted molar refractivity (Wildman–Crippen MR) is 67.7 cm³/mol. The molecule has 86 valence electrons. The zero-order valence-electron chi connectivity index (χ0n) is 9.79. The third-order valence-corrected chi connectivity index (χ3v) is 2.82. The highest BCUT2D eigenvalue weighted by atomic mass is 15.0. The van der Waals surface area contributed by atoms with E-state index in [0.717, 1.165) is 31.9 Å². The number of rotatable bonds is 4. The summed E-state index contributed by atoms with van der Waals surface area (Å²) >= 11 is 0. The van der Waals surface area contributed by atoms with E-state index >= 15 is 0 Å². The van der Waals surface area contributed by atoms with Crippen molar-refractivity contribution in [3.05, 3.63) is 35.5 Å². The van der Waals surface area contributed by atoms with E-state index in [1.165, 1.54) is 12.0 Å². The Hall–Kier alpha value is -1.35. The lowest BCUT2D eigenvalue weighted by Gasteiger charge is -2.14. The molecule has 0 bridgehead atoms. The number of anilines is 1. The number of hydrogen-bond donors (Lipinski definition) is 2. The first kappa shape index (κ1) is 11.1. The number of hydrogen-bond acceptors (Lipinski definition) is 3. The third kappa shape index (κ3) is 3.35. The van der Waals surface area contributed by atoms with Crippen LogP contribution in [-0.4, -0.2) is 24.6 Å². The molecule has 2 N–H and O–H groups in total. The quantitative estimate of drug-likeness (QED) is 0.758. The van der Waals surface area contributed by atoms with E-state index in [4.69, 9.17) is 0 Å². The van der Waals surface area contributed by atoms with Gasteiger partial charge in [-0.15, -0.1) is 0 Å². The standard InChI is InChI=1S/C13H19N3/c1-11-2-3-13(16-10-11)15-9-6-12-4-7-14-8-5-12/h2-4,10,14H,5-9H2,1H3,(H,15,16). The molecule has 1 aliphatic rings. The molecule has 1 aromatic rings. The van der Waals surface area contributed by atoms with Gasteiger partial charge in [-0.1, -0.05) is 17.7 Å². The molecule has 0 radical (unpaired) electrons. The molecule has 3 nitrogen and oxygen atoms in total. The number of pyridine rings is 1. The van der Waals surface area contributed by atoms with Crippen LogP contribution < -0.4 is 10.6 Å². The molecule has 0 unspecified atom stereocenters. The molecule has 1 aliphatic heterocycles. The molecule has 0 amide bonds. The normalized spacial score (nSPS) is 15.7. The van der Waals surface area contributed by atoms with Crippen LogP contribution >= 0.6 is 0 Å². The van der Waals surface area contributed by atoms with E-state index in [1.807, 2.05) is 12.3 Å². The van der Waals surface area contributed by atoms with E-state index in [1.54, 1.807) is 5.57 Å². The van der Waals surface area contributed by atoms with Crippen LogP contribution in [0.4, 0.5) is 5.82 Å². The largest absolute Gasteiger partial charge is 0.370 e. The van der Waals surface area contributed by atoms with E-state index in [2.05, 4.69) is 34.7 Å². The van der Waals surface area contributed by atoms with Gasteiger partial charge in [0.2, 0.25) is 0 Å². The SMILES string of the molecule is Cc1ccc(NCCC2=CCNCC2)nc1. The highest BCUT2D eigenvalue weighted by Crippen LogP contribution is 2.10. The maximum atomic E-state index is 4.32. The van der Waals surface area contributed by atoms with Crippen LogP contribution in [0.5, 0.6) is 0 Å². The van der Waals surface area contributed by atoms with E-state index < -0.39 is 0 Å². The summed E-state index contributed by atoms with van der Waals surface area (Å²) in [7, 11) is 0. The fourth-order valence-electron chi connectivity index (χ4n) is 1.82. The smallest absolute Gasteiger partial charge is 0.125 e. The van der Waals surface area contributed by atoms with Crippen LogP contribution in [0.15, 0.2) is 30.0 Å². The van der Waals surface area contributed by atoms with Gasteiger partial charge in [0.1, 0.15) is 5.82 Å². The highest BCUT2D eigenvalue weighted by Gasteiger charge is 2.02. The van der Waals surface area contributed by atoms with Crippen molar-refractivity contribution in [2.45, 2.75) is 19.8 Å². The Bertz CT molecular complexity index is 354. The number of aryl methyl sites for hydroxylation is 1. The highest BCUT2D eigenvalue weighted by molar-refractivity contribution is 5.35. The van der Waals surface area contributed by atoms with Gasteiger partial charge in [-0.05, 0) is 37.9 Å². The lowest BCUT2D eigenvalue weighted by Crippen LogP contribution is -2.21. The second-order valence-electron chi connectivity index (χ2n) is 4.21. The van der Waals surface area contributed by atoms with Gasteiger partial charge < -0.3 is 10.6 Å². The summed E-state index contributed by atoms with van der Waals surface area (Å²) < 4.78 is 0. The Morgan fingerprint density at radius 2 is 2.38 bits per heavy atom. The van der Waals surface area contributed by atoms with Crippen LogP contribution in [0.1, 0.15) is 18.4 Å². The molecule has 0 saturated heterocycles. The molecule has 16 heavy (non-hydrogen) atoms. The fourth-order valence-corrected chi connectivity index (χ4v) is 1.82. The fraction of sp³-hybridized carbons (Fsp3) is 0.462. The second kappa shape index (κ2) is 5.66. The molecule has 0 atom stereocenters. The van der Waals surface area contributed by atoms with E-state index in [9.17, 15) is 0 Å². The topological polar surface area (TPSA) is 37.0 Å². The first-order valence-electron chi connectivity index (χ1n) is 5.90. The van der Waals surface area contributed by atoms with Crippen molar-refractivity contribution in [2.75, 3.05) is 25.0 Å². The summed E-state index contributed by atoms with van der Waals surface area (Å²) in [6.45, 7) is 5.17. The maximum absolute atomic E-state index is 4.32. The summed E-state index contributed by atoms with van der Waals surface area (Å²) in [5, 5.41) is 6.67. The molecule has 1 aromatic heterocycles. The van der Waals surface area contributed by atoms with Gasteiger partial charge in [0.05, 0.1) is 0 Å². The zero-order valence-corrected chi connectivity index (χ0v) is 9.79. The molecule has 3 heteroatoms. The van der Waals surface area contributed by atoms with Crippen molar-refractivity contribution in [3.8, 4) is 0 Å². The maximum Gasteiger partial charge on any atom is 0.125 e. The Morgan fingerprint density at radius 1 is 1.44 bits per heavy atom. The molecule has 2 rings (SSSR count). The van der Waals surface area contributed by atoms with Crippen LogP contribution in [0, 0.1) is 6.92 Å². The van der Waals surface area contributed by atoms with Gasteiger partial charge in [0.15, 0.2) is 0 Å². The van der Waals surface area contributed by atoms with Crippen molar-refractivity contribution in [1.82, 2.24) is 10.3 Å². The minimum absolute atomic E-state index is 0.972. The molecule has 0 aromatic carbocycles. The first-order valence-corrected chi connectivity index (χ1v) is 5.90. The van der Waals surface area contributed by atoms with Crippen molar-refractivity contribution >= 4 is 5.82 Å². The summed E-state index contributed by atoms with van der Waals surface area (Å²) in [6.07, 6.45) is 6.50. The second-order valence-corrected chi connectivity index (χ2v) is 4.21. The first-order chi connectivity index (χ1) is 7.84. The van der Waals surface area contributed by atoms with E-state index in [-0.39, 0.29) is 0 Å². The summed E-state index contributed by atoms with van der Waals surface area (Å²) in [6, 6.07) is 4.12. The van der Waals surface area contributed by atoms with E-state index in [0.29, 0.717) is 0 Å². The average Bonchev–Trinajstić information content (AvgIpc) is 2.33. The van der Waals surface area contributed by atoms with Crippen molar-refractivity contribution in [1.29, 1.82) is 0 Å². The van der Waals surface area contributed by atoms with Gasteiger partial charge in [0.25, 0.3) is 0 Å². The van der Waals surface area contributed by atoms with Crippen LogP contribution in [0.25, 0.3) is 0 Å². The van der Waals surface area contributed by atoms with Crippen molar-refractivity contribution in [2.24, 2.45) is 0 Å². The third-order valence-electron chi connectivity index (χ3n) is 2.82. The lowest BCUT2D eigenvalue weighted by atomic mass is 10.1. The van der Waals surface area contributed by atoms with Gasteiger partial charge in [-0.3, -0.25) is 0 Å². The zero-order chi connectivity index (χ0) is 11.2. The number of aromatic nitrogens is 1. The Morgan fingerprint density at radius 3 is 3.06 bits per heavy atom. The molecule has 0 spiro atoms. The van der Waals surface area contributed by atoms with Crippen LogP contribution in [0.2, 0.25) is 0 Å². The van der Waals surface area contributed by atoms with Gasteiger partial charge in [-0.25, -0.2) is 4.98 Å². The van der Waals surface area contributed by atoms with Gasteiger partial charge >= 0.3 is 0 Å². The monoisotopic (exact) mass is 217 g/mol. The van der Waals surface area contributed by atoms with Gasteiger partial charge in [0, 0.05) is 19.3 Å². The molecule has 2 heterocycles. The lowest BCUT2D eigenvalue weighted by molar-refractivity contribution is 0.683. The minimum Gasteiger partial charge on any atom is -0.370 e.